The van der Waals surface area contributed by atoms with Gasteiger partial charge in [0.1, 0.15) is 0 Å². The smallest absolute Gasteiger partial charge is 0.226 e. The maximum atomic E-state index is 11.9. The fourth-order valence-electron chi connectivity index (χ4n) is 2.01. The van der Waals surface area contributed by atoms with Gasteiger partial charge in [-0.3, -0.25) is 4.79 Å². The van der Waals surface area contributed by atoms with Crippen LogP contribution in [0.2, 0.25) is 0 Å². The van der Waals surface area contributed by atoms with Crippen molar-refractivity contribution in [2.24, 2.45) is 5.92 Å². The van der Waals surface area contributed by atoms with Crippen LogP contribution < -0.4 is 16.0 Å². The average molecular weight is 263 g/mol. The van der Waals surface area contributed by atoms with Crippen LogP contribution in [0.15, 0.2) is 18.2 Å². The molecule has 0 bridgehead atoms. The molecule has 0 saturated carbocycles. The molecular weight excluding hydrogens is 242 g/mol. The van der Waals surface area contributed by atoms with E-state index in [-0.39, 0.29) is 11.8 Å². The summed E-state index contributed by atoms with van der Waals surface area (Å²) in [6, 6.07) is 5.62. The Labute approximate surface area is 113 Å². The van der Waals surface area contributed by atoms with Crippen LogP contribution in [0, 0.1) is 5.92 Å². The van der Waals surface area contributed by atoms with Gasteiger partial charge in [-0.25, -0.2) is 0 Å². The molecule has 0 aromatic heterocycles. The number of nitrogens with one attached hydrogen (secondary N) is 1. The van der Waals surface area contributed by atoms with Gasteiger partial charge in [0.05, 0.1) is 24.6 Å². The van der Waals surface area contributed by atoms with Crippen LogP contribution in [-0.4, -0.2) is 32.2 Å². The van der Waals surface area contributed by atoms with Gasteiger partial charge in [-0.2, -0.15) is 0 Å². The quantitative estimate of drug-likeness (QED) is 0.815. The lowest BCUT2D eigenvalue weighted by Crippen LogP contribution is -2.37. The molecule has 19 heavy (non-hydrogen) atoms. The van der Waals surface area contributed by atoms with Crippen LogP contribution in [0.4, 0.5) is 17.1 Å². The van der Waals surface area contributed by atoms with E-state index in [9.17, 15) is 4.79 Å². The summed E-state index contributed by atoms with van der Waals surface area (Å²) in [6.45, 7) is 6.82. The third-order valence-electron chi connectivity index (χ3n) is 3.15. The predicted octanol–water partition coefficient (Wildman–Crippen LogP) is 1.70. The van der Waals surface area contributed by atoms with Crippen molar-refractivity contribution in [3.8, 4) is 0 Å². The van der Waals surface area contributed by atoms with E-state index in [4.69, 9.17) is 10.5 Å². The van der Waals surface area contributed by atoms with Crippen molar-refractivity contribution in [1.29, 1.82) is 0 Å². The van der Waals surface area contributed by atoms with Crippen molar-refractivity contribution in [3.63, 3.8) is 0 Å². The Bertz CT molecular complexity index is 454. The third kappa shape index (κ3) is 3.38. The van der Waals surface area contributed by atoms with E-state index < -0.39 is 0 Å². The maximum absolute atomic E-state index is 11.9. The molecule has 0 unspecified atom stereocenters. The first kappa shape index (κ1) is 13.7. The molecule has 1 aromatic carbocycles. The predicted molar refractivity (Wildman–Crippen MR) is 77.4 cm³/mol. The Balaban J connectivity index is 2.24. The number of morpholine rings is 1. The fraction of sp³-hybridized carbons (Fsp3) is 0.500. The molecule has 5 heteroatoms. The van der Waals surface area contributed by atoms with Crippen LogP contribution in [0.1, 0.15) is 13.8 Å². The molecular formula is C14H21N3O2. The number of ether oxygens (including phenoxy) is 1. The number of carbonyl (C=O) groups excluding carboxylic acids is 1. The van der Waals surface area contributed by atoms with E-state index in [1.807, 2.05) is 32.0 Å². The highest BCUT2D eigenvalue weighted by atomic mass is 16.5. The Morgan fingerprint density at radius 1 is 1.37 bits per heavy atom. The zero-order chi connectivity index (χ0) is 13.8. The second-order valence-corrected chi connectivity index (χ2v) is 5.02. The zero-order valence-corrected chi connectivity index (χ0v) is 11.5. The lowest BCUT2D eigenvalue weighted by atomic mass is 10.1. The minimum Gasteiger partial charge on any atom is -0.399 e. The second-order valence-electron chi connectivity index (χ2n) is 5.02. The number of nitrogen functional groups attached to an aromatic ring is 1. The first-order valence-electron chi connectivity index (χ1n) is 6.61. The van der Waals surface area contributed by atoms with E-state index >= 15 is 0 Å². The monoisotopic (exact) mass is 263 g/mol. The van der Waals surface area contributed by atoms with Crippen LogP contribution in [0.3, 0.4) is 0 Å². The molecule has 0 radical (unpaired) electrons. The molecule has 1 amide bonds. The fourth-order valence-corrected chi connectivity index (χ4v) is 2.01. The number of amides is 1. The van der Waals surface area contributed by atoms with Crippen molar-refractivity contribution >= 4 is 23.0 Å². The maximum Gasteiger partial charge on any atom is 0.226 e. The van der Waals surface area contributed by atoms with Gasteiger partial charge in [-0.1, -0.05) is 13.8 Å². The van der Waals surface area contributed by atoms with Crippen molar-refractivity contribution in [3.05, 3.63) is 18.2 Å². The summed E-state index contributed by atoms with van der Waals surface area (Å²) in [4.78, 5) is 14.1. The van der Waals surface area contributed by atoms with Crippen LogP contribution >= 0.6 is 0 Å². The zero-order valence-electron chi connectivity index (χ0n) is 11.5. The number of hydrogen-bond donors (Lipinski definition) is 2. The molecule has 5 nitrogen and oxygen atoms in total. The van der Waals surface area contributed by atoms with Gasteiger partial charge >= 0.3 is 0 Å². The molecule has 1 aliphatic heterocycles. The normalized spacial score (nSPS) is 15.6. The van der Waals surface area contributed by atoms with Crippen molar-refractivity contribution in [1.82, 2.24) is 0 Å². The summed E-state index contributed by atoms with van der Waals surface area (Å²) in [5, 5.41) is 2.95. The molecule has 1 aromatic rings. The van der Waals surface area contributed by atoms with E-state index in [1.165, 1.54) is 0 Å². The Hall–Kier alpha value is -1.75. The summed E-state index contributed by atoms with van der Waals surface area (Å²) in [7, 11) is 0. The van der Waals surface area contributed by atoms with Crippen LogP contribution in [0.25, 0.3) is 0 Å². The SMILES string of the molecule is CC(C)C(=O)Nc1cc(N)ccc1N1CCOCC1. The lowest BCUT2D eigenvalue weighted by molar-refractivity contribution is -0.118. The molecule has 104 valence electrons. The Morgan fingerprint density at radius 2 is 2.05 bits per heavy atom. The summed E-state index contributed by atoms with van der Waals surface area (Å²) < 4.78 is 5.35. The van der Waals surface area contributed by atoms with Crippen LogP contribution in [0.5, 0.6) is 0 Å². The molecule has 0 atom stereocenters. The van der Waals surface area contributed by atoms with Crippen LogP contribution in [-0.2, 0) is 9.53 Å². The number of carbonyl (C=O) groups is 1. The molecule has 1 saturated heterocycles. The largest absolute Gasteiger partial charge is 0.399 e. The Morgan fingerprint density at radius 3 is 2.68 bits per heavy atom. The summed E-state index contributed by atoms with van der Waals surface area (Å²) in [6.07, 6.45) is 0. The summed E-state index contributed by atoms with van der Waals surface area (Å²) in [5.74, 6) is -0.0564. The first-order chi connectivity index (χ1) is 9.08. The average Bonchev–Trinajstić information content (AvgIpc) is 2.39. The molecule has 1 aliphatic rings. The van der Waals surface area contributed by atoms with Gasteiger partial charge in [0, 0.05) is 24.7 Å². The summed E-state index contributed by atoms with van der Waals surface area (Å²) in [5.41, 5.74) is 8.25. The van der Waals surface area contributed by atoms with Gasteiger partial charge in [-0.15, -0.1) is 0 Å². The van der Waals surface area contributed by atoms with Crippen molar-refractivity contribution in [2.75, 3.05) is 42.3 Å². The van der Waals surface area contributed by atoms with E-state index in [0.29, 0.717) is 18.9 Å². The third-order valence-corrected chi connectivity index (χ3v) is 3.15. The first-order valence-corrected chi connectivity index (χ1v) is 6.61. The van der Waals surface area contributed by atoms with Gasteiger partial charge in [-0.05, 0) is 18.2 Å². The highest BCUT2D eigenvalue weighted by Crippen LogP contribution is 2.29. The molecule has 1 fully saturated rings. The molecule has 2 rings (SSSR count). The number of nitrogens with zero attached hydrogens (tertiary/aromatic N) is 1. The minimum absolute atomic E-state index is 0.000101. The summed E-state index contributed by atoms with van der Waals surface area (Å²) >= 11 is 0. The minimum atomic E-state index is -0.0565. The number of benzene rings is 1. The highest BCUT2D eigenvalue weighted by molar-refractivity contribution is 5.96. The van der Waals surface area contributed by atoms with Crippen molar-refractivity contribution < 1.29 is 9.53 Å². The highest BCUT2D eigenvalue weighted by Gasteiger charge is 2.17. The molecule has 0 aliphatic carbocycles. The Kier molecular flexibility index (Phi) is 4.27. The van der Waals surface area contributed by atoms with E-state index in [0.717, 1.165) is 24.5 Å². The topological polar surface area (TPSA) is 67.6 Å². The van der Waals surface area contributed by atoms with Gasteiger partial charge in [0.2, 0.25) is 5.91 Å². The second kappa shape index (κ2) is 5.93. The van der Waals surface area contributed by atoms with E-state index in [2.05, 4.69) is 10.2 Å². The standard InChI is InChI=1S/C14H21N3O2/c1-10(2)14(18)16-12-9-11(15)3-4-13(12)17-5-7-19-8-6-17/h3-4,9-10H,5-8,15H2,1-2H3,(H,16,18). The number of anilines is 3. The van der Waals surface area contributed by atoms with Crippen molar-refractivity contribution in [2.45, 2.75) is 13.8 Å². The van der Waals surface area contributed by atoms with E-state index in [1.54, 1.807) is 0 Å². The molecule has 1 heterocycles. The van der Waals surface area contributed by atoms with Gasteiger partial charge < -0.3 is 20.7 Å². The number of nitrogens with two attached hydrogens (primary N) is 1. The lowest BCUT2D eigenvalue weighted by Gasteiger charge is -2.30. The molecule has 0 spiro atoms. The molecule has 3 N–H and O–H groups in total. The van der Waals surface area contributed by atoms with Gasteiger partial charge in [0.25, 0.3) is 0 Å². The number of hydrogen-bond acceptors (Lipinski definition) is 4. The number of rotatable bonds is 3. The van der Waals surface area contributed by atoms with Gasteiger partial charge in [0.15, 0.2) is 0 Å².